The van der Waals surface area contributed by atoms with E-state index in [2.05, 4.69) is 34.8 Å². The van der Waals surface area contributed by atoms with Crippen molar-refractivity contribution >= 4 is 11.3 Å². The first-order chi connectivity index (χ1) is 7.72. The first-order valence-corrected chi connectivity index (χ1v) is 6.94. The summed E-state index contributed by atoms with van der Waals surface area (Å²) in [5.41, 5.74) is 1.63. The molecule has 1 atom stereocenters. The van der Waals surface area contributed by atoms with Crippen molar-refractivity contribution in [1.29, 1.82) is 0 Å². The normalized spacial score (nSPS) is 25.1. The van der Waals surface area contributed by atoms with Crippen LogP contribution in [0.15, 0.2) is 5.38 Å². The number of hydrogen-bond donors (Lipinski definition) is 2. The molecule has 2 N–H and O–H groups in total. The highest BCUT2D eigenvalue weighted by atomic mass is 32.1. The van der Waals surface area contributed by atoms with Gasteiger partial charge in [-0.05, 0) is 24.8 Å². The summed E-state index contributed by atoms with van der Waals surface area (Å²) in [6.45, 7) is 8.79. The quantitative estimate of drug-likeness (QED) is 0.822. The fourth-order valence-corrected chi connectivity index (χ4v) is 2.85. The van der Waals surface area contributed by atoms with Gasteiger partial charge in [-0.3, -0.25) is 0 Å². The smallest absolute Gasteiger partial charge is 0.0926 e. The summed E-state index contributed by atoms with van der Waals surface area (Å²) in [6, 6.07) is 0. The molecule has 16 heavy (non-hydrogen) atoms. The van der Waals surface area contributed by atoms with E-state index in [1.807, 2.05) is 0 Å². The van der Waals surface area contributed by atoms with Crippen LogP contribution in [0.1, 0.15) is 31.0 Å². The van der Waals surface area contributed by atoms with Gasteiger partial charge in [-0.1, -0.05) is 13.8 Å². The number of rotatable bonds is 5. The van der Waals surface area contributed by atoms with Crippen molar-refractivity contribution in [3.63, 3.8) is 0 Å². The molecule has 1 aromatic rings. The van der Waals surface area contributed by atoms with Crippen LogP contribution in [0.5, 0.6) is 0 Å². The van der Waals surface area contributed by atoms with Crippen molar-refractivity contribution in [3.05, 3.63) is 16.1 Å². The van der Waals surface area contributed by atoms with Gasteiger partial charge in [0.05, 0.1) is 10.7 Å². The molecular formula is C12H21N3S. The molecule has 1 aliphatic rings. The van der Waals surface area contributed by atoms with Crippen LogP contribution in [-0.2, 0) is 13.0 Å². The van der Waals surface area contributed by atoms with Gasteiger partial charge in [-0.2, -0.15) is 0 Å². The van der Waals surface area contributed by atoms with Crippen LogP contribution in [-0.4, -0.2) is 24.6 Å². The Kier molecular flexibility index (Phi) is 3.95. The van der Waals surface area contributed by atoms with E-state index in [1.165, 1.54) is 17.1 Å². The van der Waals surface area contributed by atoms with Crippen molar-refractivity contribution in [2.75, 3.05) is 19.6 Å². The van der Waals surface area contributed by atoms with Crippen LogP contribution in [0.4, 0.5) is 0 Å². The summed E-state index contributed by atoms with van der Waals surface area (Å²) in [6.07, 6.45) is 2.32. The lowest BCUT2D eigenvalue weighted by Crippen LogP contribution is -2.33. The molecule has 0 saturated carbocycles. The maximum absolute atomic E-state index is 4.56. The molecule has 1 saturated heterocycles. The predicted octanol–water partition coefficient (Wildman–Crippen LogP) is 1.79. The van der Waals surface area contributed by atoms with Crippen molar-refractivity contribution in [2.45, 2.75) is 33.2 Å². The molecule has 3 nitrogen and oxygen atoms in total. The van der Waals surface area contributed by atoms with E-state index in [9.17, 15) is 0 Å². The molecule has 0 spiro atoms. The Morgan fingerprint density at radius 3 is 3.12 bits per heavy atom. The molecule has 1 aromatic heterocycles. The molecule has 0 aromatic carbocycles. The molecule has 1 fully saturated rings. The second-order valence-electron chi connectivity index (χ2n) is 4.93. The standard InChI is InChI=1S/C12H21N3S/c1-3-11-15-10(7-16-11)6-14-9-12(2)4-5-13-8-12/h7,13-14H,3-6,8-9H2,1-2H3. The van der Waals surface area contributed by atoms with Crippen LogP contribution >= 0.6 is 11.3 Å². The molecule has 0 aliphatic carbocycles. The van der Waals surface area contributed by atoms with Gasteiger partial charge in [0.1, 0.15) is 0 Å². The van der Waals surface area contributed by atoms with Crippen molar-refractivity contribution < 1.29 is 0 Å². The first kappa shape index (κ1) is 12.0. The van der Waals surface area contributed by atoms with E-state index >= 15 is 0 Å². The molecule has 4 heteroatoms. The van der Waals surface area contributed by atoms with Gasteiger partial charge in [-0.25, -0.2) is 4.98 Å². The summed E-state index contributed by atoms with van der Waals surface area (Å²) >= 11 is 1.77. The number of nitrogens with zero attached hydrogens (tertiary/aromatic N) is 1. The van der Waals surface area contributed by atoms with E-state index in [-0.39, 0.29) is 0 Å². The number of thiazole rings is 1. The molecule has 1 aliphatic heterocycles. The van der Waals surface area contributed by atoms with Gasteiger partial charge in [0.25, 0.3) is 0 Å². The Bertz CT molecular complexity index is 329. The van der Waals surface area contributed by atoms with Crippen LogP contribution in [0.2, 0.25) is 0 Å². The van der Waals surface area contributed by atoms with Crippen molar-refractivity contribution in [1.82, 2.24) is 15.6 Å². The third-order valence-electron chi connectivity index (χ3n) is 3.22. The van der Waals surface area contributed by atoms with Gasteiger partial charge in [-0.15, -0.1) is 11.3 Å². The maximum atomic E-state index is 4.56. The summed E-state index contributed by atoms with van der Waals surface area (Å²) in [7, 11) is 0. The van der Waals surface area contributed by atoms with Gasteiger partial charge < -0.3 is 10.6 Å². The minimum Gasteiger partial charge on any atom is -0.316 e. The fraction of sp³-hybridized carbons (Fsp3) is 0.750. The summed E-state index contributed by atoms with van der Waals surface area (Å²) in [4.78, 5) is 4.56. The summed E-state index contributed by atoms with van der Waals surface area (Å²) < 4.78 is 0. The number of aromatic nitrogens is 1. The molecule has 2 rings (SSSR count). The van der Waals surface area contributed by atoms with Crippen molar-refractivity contribution in [3.8, 4) is 0 Å². The molecule has 90 valence electrons. The topological polar surface area (TPSA) is 37.0 Å². The molecular weight excluding hydrogens is 218 g/mol. The molecule has 2 heterocycles. The van der Waals surface area contributed by atoms with Gasteiger partial charge in [0, 0.05) is 25.0 Å². The van der Waals surface area contributed by atoms with Gasteiger partial charge >= 0.3 is 0 Å². The highest BCUT2D eigenvalue weighted by molar-refractivity contribution is 7.09. The molecule has 0 bridgehead atoms. The van der Waals surface area contributed by atoms with Crippen LogP contribution in [0.3, 0.4) is 0 Å². The number of aryl methyl sites for hydroxylation is 1. The Hall–Kier alpha value is -0.450. The Labute approximate surface area is 102 Å². The predicted molar refractivity (Wildman–Crippen MR) is 68.8 cm³/mol. The molecule has 1 unspecified atom stereocenters. The number of nitrogens with one attached hydrogen (secondary N) is 2. The highest BCUT2D eigenvalue weighted by Gasteiger charge is 2.27. The zero-order valence-electron chi connectivity index (χ0n) is 10.2. The molecule has 0 radical (unpaired) electrons. The largest absolute Gasteiger partial charge is 0.316 e. The summed E-state index contributed by atoms with van der Waals surface area (Å²) in [5, 5.41) is 10.4. The zero-order valence-corrected chi connectivity index (χ0v) is 11.0. The van der Waals surface area contributed by atoms with Gasteiger partial charge in [0.2, 0.25) is 0 Å². The zero-order chi connectivity index (χ0) is 11.4. The molecule has 0 amide bonds. The third-order valence-corrected chi connectivity index (χ3v) is 4.26. The Morgan fingerprint density at radius 2 is 2.50 bits per heavy atom. The third kappa shape index (κ3) is 3.03. The minimum absolute atomic E-state index is 0.434. The van der Waals surface area contributed by atoms with E-state index in [0.29, 0.717) is 5.41 Å². The van der Waals surface area contributed by atoms with E-state index in [4.69, 9.17) is 0 Å². The minimum atomic E-state index is 0.434. The Balaban J connectivity index is 1.75. The van der Waals surface area contributed by atoms with E-state index in [0.717, 1.165) is 32.6 Å². The second kappa shape index (κ2) is 5.25. The fourth-order valence-electron chi connectivity index (χ4n) is 2.10. The van der Waals surface area contributed by atoms with Crippen LogP contribution < -0.4 is 10.6 Å². The monoisotopic (exact) mass is 239 g/mol. The van der Waals surface area contributed by atoms with E-state index in [1.54, 1.807) is 11.3 Å². The second-order valence-corrected chi connectivity index (χ2v) is 5.87. The lowest BCUT2D eigenvalue weighted by Gasteiger charge is -2.22. The average molecular weight is 239 g/mol. The highest BCUT2D eigenvalue weighted by Crippen LogP contribution is 2.23. The van der Waals surface area contributed by atoms with Gasteiger partial charge in [0.15, 0.2) is 0 Å². The maximum Gasteiger partial charge on any atom is 0.0926 e. The first-order valence-electron chi connectivity index (χ1n) is 6.06. The van der Waals surface area contributed by atoms with Crippen molar-refractivity contribution in [2.24, 2.45) is 5.41 Å². The SMILES string of the molecule is CCc1nc(CNCC2(C)CCNC2)cs1. The lowest BCUT2D eigenvalue weighted by molar-refractivity contribution is 0.338. The summed E-state index contributed by atoms with van der Waals surface area (Å²) in [5.74, 6) is 0. The van der Waals surface area contributed by atoms with E-state index < -0.39 is 0 Å². The Morgan fingerprint density at radius 1 is 1.62 bits per heavy atom. The number of hydrogen-bond acceptors (Lipinski definition) is 4. The van der Waals surface area contributed by atoms with Crippen LogP contribution in [0, 0.1) is 5.41 Å². The van der Waals surface area contributed by atoms with Crippen LogP contribution in [0.25, 0.3) is 0 Å². The average Bonchev–Trinajstić information content (AvgIpc) is 2.88. The lowest BCUT2D eigenvalue weighted by atomic mass is 9.90.